The van der Waals surface area contributed by atoms with E-state index in [4.69, 9.17) is 14.9 Å². The minimum absolute atomic E-state index is 0.313. The van der Waals surface area contributed by atoms with Gasteiger partial charge in [-0.15, -0.1) is 0 Å². The molecule has 0 saturated heterocycles. The molecule has 0 radical (unpaired) electrons. The second kappa shape index (κ2) is 8.16. The van der Waals surface area contributed by atoms with E-state index in [0.717, 1.165) is 12.8 Å². The second-order valence-corrected chi connectivity index (χ2v) is 4.27. The minimum atomic E-state index is -1.30. The zero-order valence-electron chi connectivity index (χ0n) is 11.3. The Morgan fingerprint density at radius 2 is 1.95 bits per heavy atom. The molecule has 1 amide bonds. The van der Waals surface area contributed by atoms with Crippen LogP contribution in [0, 0.1) is 0 Å². The number of aliphatic carboxylic acids is 1. The highest BCUT2D eigenvalue weighted by atomic mass is 16.5. The summed E-state index contributed by atoms with van der Waals surface area (Å²) in [5.41, 5.74) is 0.313. The lowest BCUT2D eigenvalue weighted by molar-refractivity contribution is -0.140. The zero-order chi connectivity index (χ0) is 15.0. The van der Waals surface area contributed by atoms with Gasteiger partial charge in [0.15, 0.2) is 6.04 Å². The van der Waals surface area contributed by atoms with Gasteiger partial charge in [0, 0.05) is 5.56 Å². The summed E-state index contributed by atoms with van der Waals surface area (Å²) in [5.74, 6) is -1.17. The first-order valence-corrected chi connectivity index (χ1v) is 6.45. The van der Waals surface area contributed by atoms with E-state index in [1.54, 1.807) is 24.3 Å². The Hall–Kier alpha value is -2.08. The maximum Gasteiger partial charge on any atom is 0.328 e. The van der Waals surface area contributed by atoms with Gasteiger partial charge < -0.3 is 20.3 Å². The third kappa shape index (κ3) is 4.89. The molecular formula is C14H19NO5. The van der Waals surface area contributed by atoms with Crippen LogP contribution in [0.2, 0.25) is 0 Å². The molecule has 1 aromatic rings. The lowest BCUT2D eigenvalue weighted by atomic mass is 10.2. The number of unbranched alkanes of at least 4 members (excludes halogenated alkanes) is 1. The zero-order valence-corrected chi connectivity index (χ0v) is 11.3. The first-order valence-electron chi connectivity index (χ1n) is 6.45. The number of amides is 1. The quantitative estimate of drug-likeness (QED) is 0.619. The monoisotopic (exact) mass is 281 g/mol. The third-order valence-electron chi connectivity index (χ3n) is 2.67. The maximum atomic E-state index is 11.8. The standard InChI is InChI=1S/C14H19NO5/c1-2-3-8-20-11-6-4-10(5-7-11)13(17)15-12(9-16)14(18)19/h4-7,12,16H,2-3,8-9H2,1H3,(H,15,17)(H,18,19). The highest BCUT2D eigenvalue weighted by Gasteiger charge is 2.19. The number of carbonyl (C=O) groups excluding carboxylic acids is 1. The van der Waals surface area contributed by atoms with Crippen molar-refractivity contribution < 1.29 is 24.5 Å². The molecule has 0 heterocycles. The molecule has 20 heavy (non-hydrogen) atoms. The van der Waals surface area contributed by atoms with E-state index in [1.807, 2.05) is 0 Å². The van der Waals surface area contributed by atoms with Gasteiger partial charge in [-0.1, -0.05) is 13.3 Å². The van der Waals surface area contributed by atoms with Crippen molar-refractivity contribution in [2.45, 2.75) is 25.8 Å². The van der Waals surface area contributed by atoms with Gasteiger partial charge in [-0.2, -0.15) is 0 Å². The first kappa shape index (κ1) is 16.0. The van der Waals surface area contributed by atoms with E-state index in [0.29, 0.717) is 17.9 Å². The number of carboxylic acid groups (broad SMARTS) is 1. The fraction of sp³-hybridized carbons (Fsp3) is 0.429. The van der Waals surface area contributed by atoms with Gasteiger partial charge in [-0.3, -0.25) is 4.79 Å². The van der Waals surface area contributed by atoms with Gasteiger partial charge in [-0.25, -0.2) is 4.79 Å². The number of aliphatic hydroxyl groups is 1. The summed E-state index contributed by atoms with van der Waals surface area (Å²) in [7, 11) is 0. The number of benzene rings is 1. The van der Waals surface area contributed by atoms with Crippen molar-refractivity contribution in [2.24, 2.45) is 0 Å². The van der Waals surface area contributed by atoms with Gasteiger partial charge in [-0.05, 0) is 30.7 Å². The summed E-state index contributed by atoms with van der Waals surface area (Å²) in [6.07, 6.45) is 2.00. The number of aliphatic hydroxyl groups excluding tert-OH is 1. The van der Waals surface area contributed by atoms with Crippen LogP contribution in [0.25, 0.3) is 0 Å². The van der Waals surface area contributed by atoms with Gasteiger partial charge in [0.1, 0.15) is 5.75 Å². The maximum absolute atomic E-state index is 11.8. The van der Waals surface area contributed by atoms with Crippen LogP contribution in [0.1, 0.15) is 30.1 Å². The number of carbonyl (C=O) groups is 2. The van der Waals surface area contributed by atoms with E-state index in [1.165, 1.54) is 0 Å². The molecule has 1 rings (SSSR count). The molecule has 1 atom stereocenters. The predicted molar refractivity (Wildman–Crippen MR) is 72.8 cm³/mol. The molecule has 1 unspecified atom stereocenters. The van der Waals surface area contributed by atoms with E-state index in [2.05, 4.69) is 12.2 Å². The molecule has 0 aliphatic rings. The van der Waals surface area contributed by atoms with Gasteiger partial charge in [0.25, 0.3) is 5.91 Å². The van der Waals surface area contributed by atoms with Gasteiger partial charge in [0.05, 0.1) is 13.2 Å². The highest BCUT2D eigenvalue weighted by molar-refractivity contribution is 5.96. The van der Waals surface area contributed by atoms with Gasteiger partial charge in [0.2, 0.25) is 0 Å². The van der Waals surface area contributed by atoms with Crippen molar-refractivity contribution in [3.63, 3.8) is 0 Å². The number of nitrogens with one attached hydrogen (secondary N) is 1. The second-order valence-electron chi connectivity index (χ2n) is 4.27. The molecule has 110 valence electrons. The number of carboxylic acids is 1. The topological polar surface area (TPSA) is 95.9 Å². The van der Waals surface area contributed by atoms with Crippen LogP contribution in [-0.4, -0.2) is 41.3 Å². The van der Waals surface area contributed by atoms with E-state index in [9.17, 15) is 9.59 Å². The Balaban J connectivity index is 2.59. The number of hydrogen-bond donors (Lipinski definition) is 3. The normalized spacial score (nSPS) is 11.7. The smallest absolute Gasteiger partial charge is 0.328 e. The average Bonchev–Trinajstić information content (AvgIpc) is 2.45. The molecule has 1 aromatic carbocycles. The largest absolute Gasteiger partial charge is 0.494 e. The molecule has 6 nitrogen and oxygen atoms in total. The summed E-state index contributed by atoms with van der Waals surface area (Å²) < 4.78 is 5.46. The molecular weight excluding hydrogens is 262 g/mol. The average molecular weight is 281 g/mol. The summed E-state index contributed by atoms with van der Waals surface area (Å²) in [5, 5.41) is 19.8. The van der Waals surface area contributed by atoms with Crippen molar-refractivity contribution in [2.75, 3.05) is 13.2 Å². The molecule has 0 fully saturated rings. The summed E-state index contributed by atoms with van der Waals surface area (Å²) >= 11 is 0. The molecule has 0 aromatic heterocycles. The fourth-order valence-corrected chi connectivity index (χ4v) is 1.46. The van der Waals surface area contributed by atoms with Crippen LogP contribution in [0.3, 0.4) is 0 Å². The van der Waals surface area contributed by atoms with E-state index in [-0.39, 0.29) is 0 Å². The van der Waals surface area contributed by atoms with Crippen molar-refractivity contribution in [3.8, 4) is 5.75 Å². The molecule has 0 aliphatic carbocycles. The number of hydrogen-bond acceptors (Lipinski definition) is 4. The lowest BCUT2D eigenvalue weighted by Crippen LogP contribution is -2.43. The van der Waals surface area contributed by atoms with Crippen LogP contribution >= 0.6 is 0 Å². The molecule has 6 heteroatoms. The van der Waals surface area contributed by atoms with E-state index < -0.39 is 24.5 Å². The van der Waals surface area contributed by atoms with Crippen LogP contribution < -0.4 is 10.1 Å². The number of rotatable bonds is 8. The predicted octanol–water partition coefficient (Wildman–Crippen LogP) is 1.04. The SMILES string of the molecule is CCCCOc1ccc(C(=O)NC(CO)C(=O)O)cc1. The van der Waals surface area contributed by atoms with Crippen LogP contribution in [0.4, 0.5) is 0 Å². The first-order chi connectivity index (χ1) is 9.58. The molecule has 0 saturated carbocycles. The Bertz CT molecular complexity index is 443. The number of ether oxygens (including phenoxy) is 1. The fourth-order valence-electron chi connectivity index (χ4n) is 1.46. The highest BCUT2D eigenvalue weighted by Crippen LogP contribution is 2.12. The van der Waals surface area contributed by atoms with Crippen molar-refractivity contribution in [1.29, 1.82) is 0 Å². The van der Waals surface area contributed by atoms with E-state index >= 15 is 0 Å². The summed E-state index contributed by atoms with van der Waals surface area (Å²) in [6, 6.07) is 5.10. The Labute approximate surface area is 117 Å². The van der Waals surface area contributed by atoms with Gasteiger partial charge >= 0.3 is 5.97 Å². The Kier molecular flexibility index (Phi) is 6.52. The Morgan fingerprint density at radius 1 is 1.30 bits per heavy atom. The minimum Gasteiger partial charge on any atom is -0.494 e. The molecule has 0 spiro atoms. The van der Waals surface area contributed by atoms with Crippen molar-refractivity contribution in [3.05, 3.63) is 29.8 Å². The third-order valence-corrected chi connectivity index (χ3v) is 2.67. The summed E-state index contributed by atoms with van der Waals surface area (Å²) in [4.78, 5) is 22.5. The molecule has 0 bridgehead atoms. The van der Waals surface area contributed by atoms with Crippen LogP contribution in [0.5, 0.6) is 5.75 Å². The van der Waals surface area contributed by atoms with Crippen LogP contribution in [-0.2, 0) is 4.79 Å². The summed E-state index contributed by atoms with van der Waals surface area (Å²) in [6.45, 7) is 2.03. The van der Waals surface area contributed by atoms with Crippen molar-refractivity contribution >= 4 is 11.9 Å². The Morgan fingerprint density at radius 3 is 2.45 bits per heavy atom. The lowest BCUT2D eigenvalue weighted by Gasteiger charge is -2.12. The molecule has 0 aliphatic heterocycles. The van der Waals surface area contributed by atoms with Crippen molar-refractivity contribution in [1.82, 2.24) is 5.32 Å². The molecule has 3 N–H and O–H groups in total. The van der Waals surface area contributed by atoms with Crippen LogP contribution in [0.15, 0.2) is 24.3 Å².